The van der Waals surface area contributed by atoms with E-state index >= 15 is 0 Å². The van der Waals surface area contributed by atoms with Gasteiger partial charge in [0.1, 0.15) is 0 Å². The second-order valence-electron chi connectivity index (χ2n) is 16.8. The summed E-state index contributed by atoms with van der Waals surface area (Å²) in [5, 5.41) is 10.7. The van der Waals surface area contributed by atoms with E-state index in [1.807, 2.05) is 11.8 Å². The quantitative estimate of drug-likeness (QED) is 0.152. The highest BCUT2D eigenvalue weighted by Gasteiger charge is 2.46. The molecule has 12 aromatic rings. The summed E-state index contributed by atoms with van der Waals surface area (Å²) in [5.74, 6) is 0. The number of benzene rings is 10. The van der Waals surface area contributed by atoms with Crippen LogP contribution in [0.2, 0.25) is 0 Å². The Morgan fingerprint density at radius 1 is 0.281 bits per heavy atom. The third kappa shape index (κ3) is 5.59. The fraction of sp³-hybridized carbons (Fsp3) is 0. The van der Waals surface area contributed by atoms with Crippen molar-refractivity contribution in [3.05, 3.63) is 243 Å². The molecule has 0 bridgehead atoms. The lowest BCUT2D eigenvalue weighted by Crippen LogP contribution is -2.76. The minimum atomic E-state index is -2.64. The van der Waals surface area contributed by atoms with Gasteiger partial charge in [0.25, 0.3) is 0 Å². The van der Waals surface area contributed by atoms with Crippen molar-refractivity contribution in [2.75, 3.05) is 0 Å². The predicted octanol–water partition coefficient (Wildman–Crippen LogP) is 13.1. The zero-order chi connectivity index (χ0) is 42.2. The lowest BCUT2D eigenvalue weighted by atomic mass is 10.0. The second kappa shape index (κ2) is 14.7. The lowest BCUT2D eigenvalue weighted by molar-refractivity contribution is 1.17. The summed E-state index contributed by atoms with van der Waals surface area (Å²) in [4.78, 5) is 2.68. The van der Waals surface area contributed by atoms with Crippen molar-refractivity contribution in [1.82, 2.24) is 9.13 Å². The monoisotopic (exact) mass is 848 g/mol. The van der Waals surface area contributed by atoms with Crippen molar-refractivity contribution in [3.8, 4) is 33.6 Å². The number of aromatic nitrogens is 2. The molecular formula is C60H40N2SSi. The molecule has 0 aliphatic carbocycles. The number of hydrogen-bond acceptors (Lipinski definition) is 1. The molecule has 0 N–H and O–H groups in total. The first-order valence-electron chi connectivity index (χ1n) is 22.0. The van der Waals surface area contributed by atoms with Gasteiger partial charge in [0.15, 0.2) is 8.07 Å². The number of rotatable bonds is 6. The molecule has 10 aromatic carbocycles. The van der Waals surface area contributed by atoms with E-state index in [0.717, 1.165) is 5.69 Å². The van der Waals surface area contributed by atoms with Gasteiger partial charge in [-0.25, -0.2) is 0 Å². The first kappa shape index (κ1) is 37.0. The van der Waals surface area contributed by atoms with Crippen LogP contribution in [-0.4, -0.2) is 17.2 Å². The third-order valence-corrected chi connectivity index (χ3v) is 19.8. The SMILES string of the molecule is c1ccc(-c2cccc(-n3c4ccccc4c4cc(-c5ccc6c(c5)c5ccccc5n6-c5ccc6c(c5)Sc5ccccc5[Si]6(c5ccccc5)c5ccccc5)ccc43)c2)cc1. The van der Waals surface area contributed by atoms with Crippen LogP contribution in [0.25, 0.3) is 77.2 Å². The van der Waals surface area contributed by atoms with Gasteiger partial charge in [0.2, 0.25) is 0 Å². The molecule has 4 heteroatoms. The molecule has 0 amide bonds. The summed E-state index contributed by atoms with van der Waals surface area (Å²) in [7, 11) is -2.64. The number of nitrogens with zero attached hydrogens (tertiary/aromatic N) is 2. The van der Waals surface area contributed by atoms with Crippen LogP contribution in [0.4, 0.5) is 0 Å². The number of fused-ring (bicyclic) bond motifs is 8. The van der Waals surface area contributed by atoms with E-state index in [1.54, 1.807) is 0 Å². The average Bonchev–Trinajstić information content (AvgIpc) is 3.88. The molecule has 1 aliphatic heterocycles. The Labute approximate surface area is 377 Å². The molecule has 300 valence electrons. The van der Waals surface area contributed by atoms with Gasteiger partial charge in [-0.2, -0.15) is 0 Å². The molecule has 1 aliphatic rings. The first-order chi connectivity index (χ1) is 31.7. The van der Waals surface area contributed by atoms with Crippen molar-refractivity contribution < 1.29 is 0 Å². The second-order valence-corrected chi connectivity index (χ2v) is 21.7. The third-order valence-electron chi connectivity index (χ3n) is 13.4. The van der Waals surface area contributed by atoms with Crippen molar-refractivity contribution in [2.24, 2.45) is 0 Å². The smallest absolute Gasteiger partial charge is 0.181 e. The van der Waals surface area contributed by atoms with E-state index < -0.39 is 8.07 Å². The number of hydrogen-bond donors (Lipinski definition) is 0. The van der Waals surface area contributed by atoms with E-state index in [1.165, 1.54) is 102 Å². The largest absolute Gasteiger partial charge is 0.309 e. The van der Waals surface area contributed by atoms with Crippen molar-refractivity contribution in [3.63, 3.8) is 0 Å². The molecule has 2 aromatic heterocycles. The van der Waals surface area contributed by atoms with Gasteiger partial charge in [0, 0.05) is 42.7 Å². The Bertz CT molecular complexity index is 3720. The molecule has 0 spiro atoms. The molecule has 0 saturated heterocycles. The highest BCUT2D eigenvalue weighted by atomic mass is 32.2. The highest BCUT2D eigenvalue weighted by Crippen LogP contribution is 2.40. The van der Waals surface area contributed by atoms with E-state index in [-0.39, 0.29) is 0 Å². The van der Waals surface area contributed by atoms with Crippen LogP contribution >= 0.6 is 11.8 Å². The molecule has 0 fully saturated rings. The van der Waals surface area contributed by atoms with E-state index in [0.29, 0.717) is 0 Å². The molecule has 13 rings (SSSR count). The fourth-order valence-corrected chi connectivity index (χ4v) is 17.6. The van der Waals surface area contributed by atoms with E-state index in [2.05, 4.69) is 252 Å². The fourth-order valence-electron chi connectivity index (χ4n) is 10.7. The van der Waals surface area contributed by atoms with E-state index in [4.69, 9.17) is 0 Å². The van der Waals surface area contributed by atoms with Crippen molar-refractivity contribution in [1.29, 1.82) is 0 Å². The number of para-hydroxylation sites is 2. The van der Waals surface area contributed by atoms with Crippen LogP contribution in [-0.2, 0) is 0 Å². The minimum absolute atomic E-state index is 1.16. The van der Waals surface area contributed by atoms with Crippen LogP contribution in [0.5, 0.6) is 0 Å². The molecule has 2 nitrogen and oxygen atoms in total. The summed E-state index contributed by atoms with van der Waals surface area (Å²) in [6.07, 6.45) is 0. The Morgan fingerprint density at radius 3 is 1.38 bits per heavy atom. The van der Waals surface area contributed by atoms with Crippen molar-refractivity contribution >= 4 is 84.2 Å². The summed E-state index contributed by atoms with van der Waals surface area (Å²) >= 11 is 1.92. The van der Waals surface area contributed by atoms with Gasteiger partial charge in [0.05, 0.1) is 22.1 Å². The van der Waals surface area contributed by atoms with Crippen LogP contribution in [0.1, 0.15) is 0 Å². The lowest BCUT2D eigenvalue weighted by Gasteiger charge is -2.40. The van der Waals surface area contributed by atoms with E-state index in [9.17, 15) is 0 Å². The molecular weight excluding hydrogens is 809 g/mol. The molecule has 0 unspecified atom stereocenters. The Hall–Kier alpha value is -7.63. The van der Waals surface area contributed by atoms with Crippen LogP contribution in [0.3, 0.4) is 0 Å². The Kier molecular flexibility index (Phi) is 8.51. The zero-order valence-corrected chi connectivity index (χ0v) is 36.7. The maximum absolute atomic E-state index is 2.64. The summed E-state index contributed by atoms with van der Waals surface area (Å²) < 4.78 is 4.89. The molecule has 64 heavy (non-hydrogen) atoms. The first-order valence-corrected chi connectivity index (χ1v) is 24.8. The highest BCUT2D eigenvalue weighted by molar-refractivity contribution is 8.00. The Balaban J connectivity index is 0.957. The summed E-state index contributed by atoms with van der Waals surface area (Å²) in [5.41, 5.74) is 12.0. The zero-order valence-electron chi connectivity index (χ0n) is 34.9. The van der Waals surface area contributed by atoms with Crippen LogP contribution < -0.4 is 20.7 Å². The molecule has 0 atom stereocenters. The van der Waals surface area contributed by atoms with Gasteiger partial charge < -0.3 is 9.13 Å². The maximum Gasteiger partial charge on any atom is 0.181 e. The molecule has 3 heterocycles. The van der Waals surface area contributed by atoms with Gasteiger partial charge in [-0.15, -0.1) is 0 Å². The standard InChI is InChI=1S/C60H40N2SSi/c1-4-17-41(18-5-1)42-19-16-20-45(37-42)61-53-27-12-10-25-49(53)51-38-43(31-34-55(51)61)44-32-35-56-52(39-44)50-26-11-13-28-54(50)62(56)46-33-36-60-58(40-46)63-57-29-14-15-30-59(57)64(60,47-21-6-2-7-22-47)48-23-8-3-9-24-48/h1-40H. The topological polar surface area (TPSA) is 9.86 Å². The van der Waals surface area contributed by atoms with Gasteiger partial charge in [-0.1, -0.05) is 188 Å². The molecule has 0 radical (unpaired) electrons. The maximum atomic E-state index is 2.48. The molecule has 0 saturated carbocycles. The Morgan fingerprint density at radius 2 is 0.750 bits per heavy atom. The summed E-state index contributed by atoms with van der Waals surface area (Å²) in [6, 6.07) is 90.3. The van der Waals surface area contributed by atoms with Crippen LogP contribution in [0.15, 0.2) is 252 Å². The van der Waals surface area contributed by atoms with Crippen molar-refractivity contribution in [2.45, 2.75) is 9.79 Å². The van der Waals surface area contributed by atoms with Gasteiger partial charge in [-0.05, 0) is 110 Å². The predicted molar refractivity (Wildman–Crippen MR) is 274 cm³/mol. The minimum Gasteiger partial charge on any atom is -0.309 e. The summed E-state index contributed by atoms with van der Waals surface area (Å²) in [6.45, 7) is 0. The average molecular weight is 849 g/mol. The normalized spacial score (nSPS) is 13.1. The van der Waals surface area contributed by atoms with Gasteiger partial charge in [-0.3, -0.25) is 0 Å². The van der Waals surface area contributed by atoms with Crippen LogP contribution in [0, 0.1) is 0 Å². The van der Waals surface area contributed by atoms with Gasteiger partial charge >= 0.3 is 0 Å².